The van der Waals surface area contributed by atoms with Crippen LogP contribution in [-0.2, 0) is 19.0 Å². The highest BCUT2D eigenvalue weighted by Crippen LogP contribution is 2.24. The molecule has 0 aromatic carbocycles. The van der Waals surface area contributed by atoms with E-state index >= 15 is 0 Å². The molecular weight excluding hydrogens is 274 g/mol. The van der Waals surface area contributed by atoms with Crippen molar-refractivity contribution >= 4 is 16.2 Å². The van der Waals surface area contributed by atoms with Crippen molar-refractivity contribution in [1.82, 2.24) is 4.90 Å². The van der Waals surface area contributed by atoms with Crippen molar-refractivity contribution in [3.8, 4) is 0 Å². The molecule has 1 unspecified atom stereocenters. The number of rotatable bonds is 4. The van der Waals surface area contributed by atoms with Gasteiger partial charge in [0.25, 0.3) is 10.1 Å². The van der Waals surface area contributed by atoms with E-state index < -0.39 is 34.5 Å². The second kappa shape index (κ2) is 5.64. The molecule has 1 aliphatic heterocycles. The van der Waals surface area contributed by atoms with Crippen molar-refractivity contribution in [2.45, 2.75) is 32.5 Å². The summed E-state index contributed by atoms with van der Waals surface area (Å²) in [6.45, 7) is 5.54. The Labute approximate surface area is 113 Å². The molecule has 1 aliphatic rings. The summed E-state index contributed by atoms with van der Waals surface area (Å²) in [7, 11) is -3.62. The van der Waals surface area contributed by atoms with Gasteiger partial charge in [0.1, 0.15) is 11.7 Å². The van der Waals surface area contributed by atoms with Crippen LogP contribution in [0.5, 0.6) is 0 Å². The Hall–Kier alpha value is -0.860. The fraction of sp³-hybridized carbons (Fsp3) is 0.909. The third kappa shape index (κ3) is 5.33. The van der Waals surface area contributed by atoms with Crippen LogP contribution in [0, 0.1) is 5.92 Å². The Morgan fingerprint density at radius 2 is 1.95 bits per heavy atom. The normalized spacial score (nSPS) is 18.9. The Bertz CT molecular complexity index is 421. The number of nitrogens with zero attached hydrogens (tertiary/aromatic N) is 1. The molecule has 8 heteroatoms. The van der Waals surface area contributed by atoms with E-state index in [0.29, 0.717) is 13.1 Å². The highest BCUT2D eigenvalue weighted by atomic mass is 32.2. The number of aliphatic hydroxyl groups is 1. The highest BCUT2D eigenvalue weighted by Gasteiger charge is 2.39. The van der Waals surface area contributed by atoms with E-state index in [0.717, 1.165) is 6.26 Å². The van der Waals surface area contributed by atoms with Gasteiger partial charge in [-0.25, -0.2) is 4.79 Å². The summed E-state index contributed by atoms with van der Waals surface area (Å²) in [5.41, 5.74) is -0.568. The van der Waals surface area contributed by atoms with Crippen LogP contribution in [0.15, 0.2) is 0 Å². The number of hydrogen-bond donors (Lipinski definition) is 1. The highest BCUT2D eigenvalue weighted by molar-refractivity contribution is 7.86. The minimum atomic E-state index is -3.62. The zero-order valence-electron chi connectivity index (χ0n) is 11.6. The number of amides is 1. The summed E-state index contributed by atoms with van der Waals surface area (Å²) < 4.78 is 32.0. The summed E-state index contributed by atoms with van der Waals surface area (Å²) >= 11 is 0. The summed E-state index contributed by atoms with van der Waals surface area (Å²) in [5, 5.41) is 9.11. The first kappa shape index (κ1) is 16.2. The van der Waals surface area contributed by atoms with Gasteiger partial charge in [0.05, 0.1) is 12.9 Å². The van der Waals surface area contributed by atoms with E-state index in [-0.39, 0.29) is 5.92 Å². The lowest BCUT2D eigenvalue weighted by Crippen LogP contribution is -2.56. The molecule has 7 nitrogen and oxygen atoms in total. The van der Waals surface area contributed by atoms with E-state index in [1.165, 1.54) is 4.90 Å². The molecule has 19 heavy (non-hydrogen) atoms. The van der Waals surface area contributed by atoms with Gasteiger partial charge in [0.15, 0.2) is 0 Å². The van der Waals surface area contributed by atoms with Crippen molar-refractivity contribution in [3.63, 3.8) is 0 Å². The van der Waals surface area contributed by atoms with Gasteiger partial charge in [-0.15, -0.1) is 0 Å². The van der Waals surface area contributed by atoms with Gasteiger partial charge in [-0.3, -0.25) is 4.18 Å². The lowest BCUT2D eigenvalue weighted by Gasteiger charge is -2.42. The van der Waals surface area contributed by atoms with Crippen LogP contribution in [-0.4, -0.2) is 62.2 Å². The van der Waals surface area contributed by atoms with E-state index in [1.807, 2.05) is 0 Å². The van der Waals surface area contributed by atoms with Crippen LogP contribution >= 0.6 is 0 Å². The molecule has 0 spiro atoms. The summed E-state index contributed by atoms with van der Waals surface area (Å²) in [6.07, 6.45) is -0.326. The SMILES string of the molecule is CC(C)(C)OC(=O)N1CC(C(CO)OS(C)(=O)=O)C1. The standard InChI is InChI=1S/C11H21NO6S/c1-11(2,3)17-10(14)12-5-8(6-12)9(7-13)18-19(4,15)16/h8-9,13H,5-7H2,1-4H3. The first-order valence-electron chi connectivity index (χ1n) is 5.99. The van der Waals surface area contributed by atoms with Crippen molar-refractivity contribution < 1.29 is 27.2 Å². The van der Waals surface area contributed by atoms with Crippen LogP contribution in [0.2, 0.25) is 0 Å². The molecule has 0 aromatic heterocycles. The Kier molecular flexibility index (Phi) is 4.81. The average molecular weight is 295 g/mol. The smallest absolute Gasteiger partial charge is 0.410 e. The van der Waals surface area contributed by atoms with Gasteiger partial charge >= 0.3 is 6.09 Å². The molecule has 1 amide bonds. The Morgan fingerprint density at radius 3 is 2.32 bits per heavy atom. The quantitative estimate of drug-likeness (QED) is 0.744. The fourth-order valence-corrected chi connectivity index (χ4v) is 2.37. The fourth-order valence-electron chi connectivity index (χ4n) is 1.71. The van der Waals surface area contributed by atoms with Gasteiger partial charge in [-0.2, -0.15) is 8.42 Å². The van der Waals surface area contributed by atoms with Crippen molar-refractivity contribution in [2.75, 3.05) is 26.0 Å². The maximum atomic E-state index is 11.7. The van der Waals surface area contributed by atoms with Gasteiger partial charge in [0, 0.05) is 19.0 Å². The first-order chi connectivity index (χ1) is 8.52. The van der Waals surface area contributed by atoms with E-state index in [4.69, 9.17) is 14.0 Å². The number of ether oxygens (including phenoxy) is 1. The predicted octanol–water partition coefficient (Wildman–Crippen LogP) is 0.190. The average Bonchev–Trinajstić information content (AvgIpc) is 2.08. The second-order valence-electron chi connectivity index (χ2n) is 5.67. The van der Waals surface area contributed by atoms with Gasteiger partial charge in [0.2, 0.25) is 0 Å². The molecule has 0 saturated carbocycles. The Morgan fingerprint density at radius 1 is 1.42 bits per heavy atom. The number of carbonyl (C=O) groups is 1. The molecule has 1 saturated heterocycles. The molecular formula is C11H21NO6S. The molecule has 0 aliphatic carbocycles. The van der Waals surface area contributed by atoms with Crippen LogP contribution in [0.3, 0.4) is 0 Å². The topological polar surface area (TPSA) is 93.1 Å². The van der Waals surface area contributed by atoms with E-state index in [1.54, 1.807) is 20.8 Å². The van der Waals surface area contributed by atoms with Gasteiger partial charge in [-0.1, -0.05) is 0 Å². The second-order valence-corrected chi connectivity index (χ2v) is 7.27. The summed E-state index contributed by atoms with van der Waals surface area (Å²) in [6, 6.07) is 0. The van der Waals surface area contributed by atoms with Crippen LogP contribution < -0.4 is 0 Å². The molecule has 112 valence electrons. The lowest BCUT2D eigenvalue weighted by atomic mass is 9.95. The molecule has 1 fully saturated rings. The van der Waals surface area contributed by atoms with Gasteiger partial charge in [-0.05, 0) is 20.8 Å². The summed E-state index contributed by atoms with van der Waals surface area (Å²) in [5.74, 6) is -0.202. The van der Waals surface area contributed by atoms with E-state index in [2.05, 4.69) is 0 Å². The van der Waals surface area contributed by atoms with Crippen LogP contribution in [0.4, 0.5) is 4.79 Å². The van der Waals surface area contributed by atoms with E-state index in [9.17, 15) is 13.2 Å². The van der Waals surface area contributed by atoms with Crippen molar-refractivity contribution in [2.24, 2.45) is 5.92 Å². The maximum absolute atomic E-state index is 11.7. The number of hydrogen-bond acceptors (Lipinski definition) is 6. The molecule has 1 N–H and O–H groups in total. The monoisotopic (exact) mass is 295 g/mol. The lowest BCUT2D eigenvalue weighted by molar-refractivity contribution is -0.0344. The third-order valence-electron chi connectivity index (χ3n) is 2.57. The molecule has 1 heterocycles. The summed E-state index contributed by atoms with van der Waals surface area (Å²) in [4.78, 5) is 13.1. The van der Waals surface area contributed by atoms with Crippen LogP contribution in [0.25, 0.3) is 0 Å². The van der Waals surface area contributed by atoms with Crippen LogP contribution in [0.1, 0.15) is 20.8 Å². The van der Waals surface area contributed by atoms with Gasteiger partial charge < -0.3 is 14.7 Å². The zero-order valence-corrected chi connectivity index (χ0v) is 12.4. The third-order valence-corrected chi connectivity index (χ3v) is 3.16. The number of likely N-dealkylation sites (tertiary alicyclic amines) is 1. The minimum absolute atomic E-state index is 0.202. The predicted molar refractivity (Wildman–Crippen MR) is 68.1 cm³/mol. The molecule has 0 bridgehead atoms. The first-order valence-corrected chi connectivity index (χ1v) is 7.80. The van der Waals surface area contributed by atoms with Crippen molar-refractivity contribution in [1.29, 1.82) is 0 Å². The van der Waals surface area contributed by atoms with Crippen molar-refractivity contribution in [3.05, 3.63) is 0 Å². The molecule has 1 atom stereocenters. The number of carbonyl (C=O) groups excluding carboxylic acids is 1. The number of aliphatic hydroxyl groups excluding tert-OH is 1. The zero-order chi connectivity index (χ0) is 14.8. The molecule has 0 aromatic rings. The Balaban J connectivity index is 2.46. The molecule has 1 rings (SSSR count). The maximum Gasteiger partial charge on any atom is 0.410 e. The molecule has 0 radical (unpaired) electrons. The minimum Gasteiger partial charge on any atom is -0.444 e. The largest absolute Gasteiger partial charge is 0.444 e.